The molecule has 4 aliphatic rings. The first kappa shape index (κ1) is 12.2. The number of carboxylic acid groups (broad SMARTS) is 1. The predicted octanol–water partition coefficient (Wildman–Crippen LogP) is 2.14. The van der Waals surface area contributed by atoms with E-state index in [2.05, 4.69) is 34.7 Å². The number of allylic oxidation sites excluding steroid dienone is 2. The second kappa shape index (κ2) is 3.97. The number of rotatable bonds is 3. The molecule has 19 heavy (non-hydrogen) atoms. The van der Waals surface area contributed by atoms with Crippen LogP contribution >= 0.6 is 22.6 Å². The highest BCUT2D eigenvalue weighted by atomic mass is 127. The molecule has 2 unspecified atom stereocenters. The van der Waals surface area contributed by atoms with Gasteiger partial charge in [0.25, 0.3) is 0 Å². The van der Waals surface area contributed by atoms with Gasteiger partial charge in [-0.1, -0.05) is 28.7 Å². The van der Waals surface area contributed by atoms with E-state index in [-0.39, 0.29) is 21.4 Å². The molecule has 0 amide bonds. The van der Waals surface area contributed by atoms with Crippen molar-refractivity contribution in [1.29, 1.82) is 0 Å². The molecule has 0 bridgehead atoms. The Balaban J connectivity index is 1.54. The maximum absolute atomic E-state index is 11.0. The molecule has 0 aromatic carbocycles. The van der Waals surface area contributed by atoms with Crippen molar-refractivity contribution in [3.05, 3.63) is 23.5 Å². The molecular weight excluding hydrogens is 359 g/mol. The summed E-state index contributed by atoms with van der Waals surface area (Å²) in [5.74, 6) is 0.860. The largest absolute Gasteiger partial charge is 0.492 e. The zero-order valence-electron chi connectivity index (χ0n) is 10.3. The summed E-state index contributed by atoms with van der Waals surface area (Å²) in [4.78, 5) is 11.0. The highest BCUT2D eigenvalue weighted by molar-refractivity contribution is 14.1. The van der Waals surface area contributed by atoms with Crippen molar-refractivity contribution in [2.45, 2.75) is 22.4 Å². The number of carbonyl (C=O) groups is 1. The highest BCUT2D eigenvalue weighted by Gasteiger charge is 2.62. The molecule has 0 aromatic rings. The van der Waals surface area contributed by atoms with Gasteiger partial charge in [0, 0.05) is 9.84 Å². The van der Waals surface area contributed by atoms with E-state index >= 15 is 0 Å². The number of hydrogen-bond acceptors (Lipinski definition) is 3. The standard InChI is InChI=1S/C14H15IO4/c15-12(9-5-10(9)13(16)17)7-3-8-6-14(8)11(4-7)18-1-2-19-14/h3-4,8-10,12H,1-2,5-6H2,(H,16,17)/t8?,9-,10-,12-,14?/m0/s1. The molecule has 0 radical (unpaired) electrons. The summed E-state index contributed by atoms with van der Waals surface area (Å²) in [6.07, 6.45) is 6.18. The predicted molar refractivity (Wildman–Crippen MR) is 75.9 cm³/mol. The first-order chi connectivity index (χ1) is 9.12. The second-order valence-electron chi connectivity index (χ2n) is 5.82. The Morgan fingerprint density at radius 2 is 2.37 bits per heavy atom. The van der Waals surface area contributed by atoms with Crippen LogP contribution in [-0.4, -0.2) is 33.8 Å². The van der Waals surface area contributed by atoms with E-state index in [4.69, 9.17) is 14.6 Å². The van der Waals surface area contributed by atoms with Gasteiger partial charge in [0.2, 0.25) is 0 Å². The summed E-state index contributed by atoms with van der Waals surface area (Å²) in [6, 6.07) is 0. The lowest BCUT2D eigenvalue weighted by atomic mass is 9.97. The zero-order valence-corrected chi connectivity index (χ0v) is 12.5. The first-order valence-corrected chi connectivity index (χ1v) is 7.94. The summed E-state index contributed by atoms with van der Waals surface area (Å²) in [5.41, 5.74) is 1.07. The van der Waals surface area contributed by atoms with Crippen molar-refractivity contribution in [3.8, 4) is 0 Å². The lowest BCUT2D eigenvalue weighted by molar-refractivity contribution is -0.138. The van der Waals surface area contributed by atoms with Gasteiger partial charge in [0.15, 0.2) is 0 Å². The van der Waals surface area contributed by atoms with Crippen LogP contribution in [-0.2, 0) is 14.3 Å². The van der Waals surface area contributed by atoms with Crippen molar-refractivity contribution in [1.82, 2.24) is 0 Å². The number of alkyl halides is 1. The van der Waals surface area contributed by atoms with E-state index in [0.717, 1.165) is 18.6 Å². The van der Waals surface area contributed by atoms with Gasteiger partial charge < -0.3 is 14.6 Å². The van der Waals surface area contributed by atoms with Crippen LogP contribution in [0, 0.1) is 17.8 Å². The van der Waals surface area contributed by atoms with E-state index in [9.17, 15) is 4.79 Å². The molecule has 1 aliphatic heterocycles. The fourth-order valence-electron chi connectivity index (χ4n) is 3.32. The molecule has 2 saturated carbocycles. The van der Waals surface area contributed by atoms with Crippen LogP contribution in [0.15, 0.2) is 23.5 Å². The third kappa shape index (κ3) is 1.77. The lowest BCUT2D eigenvalue weighted by Gasteiger charge is -2.30. The summed E-state index contributed by atoms with van der Waals surface area (Å²) in [6.45, 7) is 1.30. The first-order valence-electron chi connectivity index (χ1n) is 6.69. The number of hydrogen-bond donors (Lipinski definition) is 1. The van der Waals surface area contributed by atoms with Gasteiger partial charge in [-0.05, 0) is 30.4 Å². The minimum Gasteiger partial charge on any atom is -0.492 e. The van der Waals surface area contributed by atoms with Crippen molar-refractivity contribution in [3.63, 3.8) is 0 Å². The minimum absolute atomic E-state index is 0.157. The molecule has 1 spiro atoms. The molecule has 5 atom stereocenters. The van der Waals surface area contributed by atoms with Gasteiger partial charge in [-0.3, -0.25) is 4.79 Å². The van der Waals surface area contributed by atoms with Crippen LogP contribution < -0.4 is 0 Å². The van der Waals surface area contributed by atoms with Crippen LogP contribution in [0.25, 0.3) is 0 Å². The topological polar surface area (TPSA) is 55.8 Å². The smallest absolute Gasteiger partial charge is 0.306 e. The van der Waals surface area contributed by atoms with Crippen LogP contribution in [0.4, 0.5) is 0 Å². The quantitative estimate of drug-likeness (QED) is 0.608. The minimum atomic E-state index is -0.659. The van der Waals surface area contributed by atoms with Crippen molar-refractivity contribution in [2.24, 2.45) is 17.8 Å². The fraction of sp³-hybridized carbons (Fsp3) is 0.643. The Hall–Kier alpha value is -0.560. The van der Waals surface area contributed by atoms with E-state index in [0.29, 0.717) is 19.1 Å². The fourth-order valence-corrected chi connectivity index (χ4v) is 4.50. The average molecular weight is 374 g/mol. The van der Waals surface area contributed by atoms with Crippen LogP contribution in [0.1, 0.15) is 12.8 Å². The van der Waals surface area contributed by atoms with E-state index in [1.165, 1.54) is 5.57 Å². The Morgan fingerprint density at radius 1 is 1.53 bits per heavy atom. The highest BCUT2D eigenvalue weighted by Crippen LogP contribution is 2.59. The molecule has 1 heterocycles. The molecular formula is C14H15IO4. The summed E-state index contributed by atoms with van der Waals surface area (Å²) in [7, 11) is 0. The maximum Gasteiger partial charge on any atom is 0.306 e. The molecule has 4 nitrogen and oxygen atoms in total. The van der Waals surface area contributed by atoms with Crippen molar-refractivity contribution >= 4 is 28.6 Å². The van der Waals surface area contributed by atoms with Crippen LogP contribution in [0.3, 0.4) is 0 Å². The van der Waals surface area contributed by atoms with Crippen LogP contribution in [0.5, 0.6) is 0 Å². The summed E-state index contributed by atoms with van der Waals surface area (Å²) in [5, 5.41) is 9.03. The Labute approximate surface area is 125 Å². The van der Waals surface area contributed by atoms with Gasteiger partial charge in [0.1, 0.15) is 18.0 Å². The molecule has 1 saturated heterocycles. The molecule has 3 aliphatic carbocycles. The average Bonchev–Trinajstić information content (AvgIpc) is 3.28. The normalized spacial score (nSPS) is 43.9. The van der Waals surface area contributed by atoms with E-state index in [1.54, 1.807) is 0 Å². The molecule has 3 fully saturated rings. The zero-order chi connectivity index (χ0) is 13.2. The van der Waals surface area contributed by atoms with E-state index in [1.807, 2.05) is 0 Å². The van der Waals surface area contributed by atoms with Crippen molar-refractivity contribution in [2.75, 3.05) is 13.2 Å². The Bertz CT molecular complexity index is 512. The molecule has 0 aromatic heterocycles. The summed E-state index contributed by atoms with van der Waals surface area (Å²) >= 11 is 2.38. The monoisotopic (exact) mass is 374 g/mol. The number of halogens is 1. The van der Waals surface area contributed by atoms with E-state index < -0.39 is 5.97 Å². The molecule has 102 valence electrons. The third-order valence-electron chi connectivity index (χ3n) is 4.62. The van der Waals surface area contributed by atoms with Gasteiger partial charge in [-0.15, -0.1) is 0 Å². The number of aliphatic carboxylic acids is 1. The SMILES string of the molecule is O=C(O)[C@H]1C[C@@H]1[C@@H](I)C1=CC2CC23OCCOC3=C1. The van der Waals surface area contributed by atoms with Gasteiger partial charge in [-0.2, -0.15) is 0 Å². The Kier molecular flexibility index (Phi) is 2.55. The molecule has 5 heteroatoms. The molecule has 1 N–H and O–H groups in total. The molecule has 4 rings (SSSR count). The van der Waals surface area contributed by atoms with Crippen LogP contribution in [0.2, 0.25) is 0 Å². The lowest BCUT2D eigenvalue weighted by Crippen LogP contribution is -2.32. The van der Waals surface area contributed by atoms with Crippen molar-refractivity contribution < 1.29 is 19.4 Å². The number of ether oxygens (including phenoxy) is 2. The summed E-state index contributed by atoms with van der Waals surface area (Å²) < 4.78 is 11.9. The van der Waals surface area contributed by atoms with Gasteiger partial charge in [0.05, 0.1) is 12.5 Å². The van der Waals surface area contributed by atoms with Gasteiger partial charge >= 0.3 is 5.97 Å². The van der Waals surface area contributed by atoms with Gasteiger partial charge in [-0.25, -0.2) is 0 Å². The number of carboxylic acids is 1. The second-order valence-corrected chi connectivity index (χ2v) is 7.16. The third-order valence-corrected chi connectivity index (χ3v) is 6.27. The maximum atomic E-state index is 11.0. The Morgan fingerprint density at radius 3 is 3.11 bits per heavy atom.